The lowest BCUT2D eigenvalue weighted by molar-refractivity contribution is 0.241. The Morgan fingerprint density at radius 2 is 2.25 bits per heavy atom. The number of furan rings is 1. The molecule has 0 unspecified atom stereocenters. The molecule has 1 aliphatic heterocycles. The van der Waals surface area contributed by atoms with Gasteiger partial charge >= 0.3 is 5.69 Å². The third-order valence-electron chi connectivity index (χ3n) is 4.04. The van der Waals surface area contributed by atoms with Crippen molar-refractivity contribution in [3.8, 4) is 11.6 Å². The van der Waals surface area contributed by atoms with E-state index in [9.17, 15) is 9.59 Å². The van der Waals surface area contributed by atoms with E-state index in [2.05, 4.69) is 24.8 Å². The van der Waals surface area contributed by atoms with Crippen molar-refractivity contribution in [3.05, 3.63) is 68.4 Å². The molecule has 0 amide bonds. The number of nitrogens with zero attached hydrogens (tertiary/aromatic N) is 3. The lowest BCUT2D eigenvalue weighted by Crippen LogP contribution is -2.34. The van der Waals surface area contributed by atoms with Gasteiger partial charge in [-0.15, -0.1) is 0 Å². The Hall–Kier alpha value is -3.00. The topological polar surface area (TPSA) is 108 Å². The fourth-order valence-corrected chi connectivity index (χ4v) is 2.83. The SMILES string of the molecule is O=c1[nH]cc(CN2CCc3nc(-c4ccco4)ncc3C2)c(=O)[nH]1. The minimum atomic E-state index is -0.494. The van der Waals surface area contributed by atoms with Gasteiger partial charge in [-0.3, -0.25) is 14.7 Å². The zero-order valence-electron chi connectivity index (χ0n) is 12.8. The third kappa shape index (κ3) is 2.79. The van der Waals surface area contributed by atoms with E-state index >= 15 is 0 Å². The number of H-pyrrole nitrogens is 2. The molecule has 0 saturated carbocycles. The molecule has 0 radical (unpaired) electrons. The second kappa shape index (κ2) is 5.89. The van der Waals surface area contributed by atoms with Gasteiger partial charge in [-0.25, -0.2) is 14.8 Å². The van der Waals surface area contributed by atoms with Gasteiger partial charge in [-0.05, 0) is 12.1 Å². The van der Waals surface area contributed by atoms with Gasteiger partial charge in [0.25, 0.3) is 5.56 Å². The Kier molecular flexibility index (Phi) is 3.58. The first-order valence-corrected chi connectivity index (χ1v) is 7.61. The predicted octanol–water partition coefficient (Wildman–Crippen LogP) is 0.671. The van der Waals surface area contributed by atoms with Crippen LogP contribution in [0, 0.1) is 0 Å². The highest BCUT2D eigenvalue weighted by Crippen LogP contribution is 2.21. The number of nitrogens with one attached hydrogen (secondary N) is 2. The van der Waals surface area contributed by atoms with Crippen LogP contribution in [0.2, 0.25) is 0 Å². The highest BCUT2D eigenvalue weighted by Gasteiger charge is 2.20. The summed E-state index contributed by atoms with van der Waals surface area (Å²) in [5, 5.41) is 0. The summed E-state index contributed by atoms with van der Waals surface area (Å²) in [7, 11) is 0. The fraction of sp³-hybridized carbons (Fsp3) is 0.250. The fourth-order valence-electron chi connectivity index (χ4n) is 2.83. The van der Waals surface area contributed by atoms with Crippen molar-refractivity contribution < 1.29 is 4.42 Å². The third-order valence-corrected chi connectivity index (χ3v) is 4.04. The number of hydrogen-bond donors (Lipinski definition) is 2. The first kappa shape index (κ1) is 14.6. The predicted molar refractivity (Wildman–Crippen MR) is 85.2 cm³/mol. The quantitative estimate of drug-likeness (QED) is 0.733. The Balaban J connectivity index is 1.54. The van der Waals surface area contributed by atoms with Crippen LogP contribution in [0.25, 0.3) is 11.6 Å². The van der Waals surface area contributed by atoms with Gasteiger partial charge in [0.05, 0.1) is 12.0 Å². The maximum absolute atomic E-state index is 11.8. The van der Waals surface area contributed by atoms with Crippen molar-refractivity contribution in [1.82, 2.24) is 24.8 Å². The summed E-state index contributed by atoms with van der Waals surface area (Å²) >= 11 is 0. The molecule has 4 rings (SSSR count). The number of hydrogen-bond acceptors (Lipinski definition) is 6. The minimum absolute atomic E-state index is 0.353. The van der Waals surface area contributed by atoms with Crippen molar-refractivity contribution >= 4 is 0 Å². The van der Waals surface area contributed by atoms with E-state index in [0.29, 0.717) is 30.2 Å². The van der Waals surface area contributed by atoms with Crippen LogP contribution in [0.1, 0.15) is 16.8 Å². The molecule has 0 bridgehead atoms. The lowest BCUT2D eigenvalue weighted by Gasteiger charge is -2.27. The molecule has 0 fully saturated rings. The highest BCUT2D eigenvalue weighted by molar-refractivity contribution is 5.46. The van der Waals surface area contributed by atoms with Crippen LogP contribution in [-0.4, -0.2) is 31.4 Å². The molecule has 0 aliphatic carbocycles. The van der Waals surface area contributed by atoms with Crippen molar-refractivity contribution in [3.63, 3.8) is 0 Å². The van der Waals surface area contributed by atoms with Gasteiger partial charge < -0.3 is 9.40 Å². The van der Waals surface area contributed by atoms with Crippen LogP contribution in [0.15, 0.2) is 44.8 Å². The molecule has 24 heavy (non-hydrogen) atoms. The maximum atomic E-state index is 11.8. The molecule has 8 heteroatoms. The standard InChI is InChI=1S/C16H15N5O3/c22-15-11(7-18-16(23)20-15)9-21-4-3-12-10(8-21)6-17-14(19-12)13-2-1-5-24-13/h1-2,5-7H,3-4,8-9H2,(H2,18,20,22,23). The number of aromatic amines is 2. The van der Waals surface area contributed by atoms with Gasteiger partial charge in [-0.2, -0.15) is 0 Å². The molecule has 0 saturated heterocycles. The Morgan fingerprint density at radius 1 is 1.33 bits per heavy atom. The van der Waals surface area contributed by atoms with Crippen LogP contribution in [0.5, 0.6) is 0 Å². The van der Waals surface area contributed by atoms with E-state index < -0.39 is 5.69 Å². The van der Waals surface area contributed by atoms with Gasteiger partial charge in [-0.1, -0.05) is 0 Å². The number of fused-ring (bicyclic) bond motifs is 1. The molecule has 2 N–H and O–H groups in total. The van der Waals surface area contributed by atoms with E-state index in [1.807, 2.05) is 18.3 Å². The van der Waals surface area contributed by atoms with Crippen molar-refractivity contribution in [2.24, 2.45) is 0 Å². The van der Waals surface area contributed by atoms with E-state index in [1.165, 1.54) is 6.20 Å². The Bertz CT molecular complexity index is 974. The lowest BCUT2D eigenvalue weighted by atomic mass is 10.1. The van der Waals surface area contributed by atoms with Crippen molar-refractivity contribution in [2.75, 3.05) is 6.54 Å². The Labute approximate surface area is 136 Å². The summed E-state index contributed by atoms with van der Waals surface area (Å²) in [5.74, 6) is 1.24. The maximum Gasteiger partial charge on any atom is 0.325 e. The summed E-state index contributed by atoms with van der Waals surface area (Å²) in [6, 6.07) is 3.64. The van der Waals surface area contributed by atoms with E-state index in [0.717, 1.165) is 24.2 Å². The molecule has 0 spiro atoms. The van der Waals surface area contributed by atoms with Gasteiger partial charge in [0, 0.05) is 49.6 Å². The molecular weight excluding hydrogens is 310 g/mol. The molecule has 0 aromatic carbocycles. The smallest absolute Gasteiger partial charge is 0.325 e. The average molecular weight is 325 g/mol. The van der Waals surface area contributed by atoms with E-state index in [1.54, 1.807) is 6.26 Å². The zero-order valence-corrected chi connectivity index (χ0v) is 12.8. The summed E-state index contributed by atoms with van der Waals surface area (Å²) in [5.41, 5.74) is 1.73. The van der Waals surface area contributed by atoms with Crippen LogP contribution >= 0.6 is 0 Å². The van der Waals surface area contributed by atoms with Gasteiger partial charge in [0.2, 0.25) is 0 Å². The number of aromatic nitrogens is 4. The molecule has 0 atom stereocenters. The number of rotatable bonds is 3. The normalized spacial score (nSPS) is 14.5. The second-order valence-electron chi connectivity index (χ2n) is 5.70. The largest absolute Gasteiger partial charge is 0.461 e. The van der Waals surface area contributed by atoms with Crippen LogP contribution in [0.4, 0.5) is 0 Å². The second-order valence-corrected chi connectivity index (χ2v) is 5.70. The van der Waals surface area contributed by atoms with Crippen LogP contribution in [-0.2, 0) is 19.5 Å². The molecule has 3 aromatic heterocycles. The monoisotopic (exact) mass is 325 g/mol. The van der Waals surface area contributed by atoms with Crippen molar-refractivity contribution in [1.29, 1.82) is 0 Å². The molecule has 3 aromatic rings. The first-order chi connectivity index (χ1) is 11.7. The molecular formula is C16H15N5O3. The summed E-state index contributed by atoms with van der Waals surface area (Å²) in [4.78, 5) is 38.7. The van der Waals surface area contributed by atoms with Crippen LogP contribution in [0.3, 0.4) is 0 Å². The van der Waals surface area contributed by atoms with E-state index in [-0.39, 0.29) is 5.56 Å². The molecule has 122 valence electrons. The van der Waals surface area contributed by atoms with Crippen molar-refractivity contribution in [2.45, 2.75) is 19.5 Å². The molecule has 1 aliphatic rings. The molecule has 4 heterocycles. The summed E-state index contributed by atoms with van der Waals surface area (Å²) in [6.45, 7) is 1.90. The average Bonchev–Trinajstić information content (AvgIpc) is 3.11. The Morgan fingerprint density at radius 3 is 3.04 bits per heavy atom. The summed E-state index contributed by atoms with van der Waals surface area (Å²) < 4.78 is 5.33. The van der Waals surface area contributed by atoms with Gasteiger partial charge in [0.15, 0.2) is 11.6 Å². The minimum Gasteiger partial charge on any atom is -0.461 e. The van der Waals surface area contributed by atoms with Gasteiger partial charge in [0.1, 0.15) is 0 Å². The molecule has 8 nitrogen and oxygen atoms in total. The van der Waals surface area contributed by atoms with E-state index in [4.69, 9.17) is 4.42 Å². The summed E-state index contributed by atoms with van der Waals surface area (Å²) in [6.07, 6.45) is 5.64. The zero-order chi connectivity index (χ0) is 16.5. The van der Waals surface area contributed by atoms with Crippen LogP contribution < -0.4 is 11.2 Å². The first-order valence-electron chi connectivity index (χ1n) is 7.61. The highest BCUT2D eigenvalue weighted by atomic mass is 16.3.